The highest BCUT2D eigenvalue weighted by atomic mass is 16.5. The van der Waals surface area contributed by atoms with Gasteiger partial charge >= 0.3 is 5.97 Å². The average molecular weight is 495 g/mol. The quantitative estimate of drug-likeness (QED) is 0.433. The largest absolute Gasteiger partial charge is 0.493 e. The fourth-order valence-corrected chi connectivity index (χ4v) is 4.61. The van der Waals surface area contributed by atoms with Crippen LogP contribution in [0.3, 0.4) is 0 Å². The van der Waals surface area contributed by atoms with Crippen LogP contribution in [0, 0.1) is 5.92 Å². The number of hydrogen-bond donors (Lipinski definition) is 1. The van der Waals surface area contributed by atoms with Crippen molar-refractivity contribution in [1.82, 2.24) is 9.97 Å². The van der Waals surface area contributed by atoms with Crippen molar-refractivity contribution in [1.29, 1.82) is 0 Å². The SMILES string of the molecule is COc1cc(COC(=O)C2CCC(Nc3nc(N(C)C)c4ccccc4n3)CC2)cc(OC)c1OC. The predicted molar refractivity (Wildman–Crippen MR) is 139 cm³/mol. The number of ether oxygens (including phenoxy) is 4. The lowest BCUT2D eigenvalue weighted by Crippen LogP contribution is -2.31. The van der Waals surface area contributed by atoms with Gasteiger partial charge in [0.2, 0.25) is 11.7 Å². The molecular formula is C27H34N4O5. The number of aromatic nitrogens is 2. The fraction of sp³-hybridized carbons (Fsp3) is 0.444. The predicted octanol–water partition coefficient (Wildman–Crippen LogP) is 4.44. The highest BCUT2D eigenvalue weighted by molar-refractivity contribution is 5.90. The molecule has 0 bridgehead atoms. The smallest absolute Gasteiger partial charge is 0.309 e. The Labute approximate surface area is 211 Å². The van der Waals surface area contributed by atoms with Gasteiger partial charge in [0.1, 0.15) is 12.4 Å². The Balaban J connectivity index is 1.34. The van der Waals surface area contributed by atoms with Crippen LogP contribution in [0.4, 0.5) is 11.8 Å². The van der Waals surface area contributed by atoms with Gasteiger partial charge < -0.3 is 29.2 Å². The maximum atomic E-state index is 12.8. The summed E-state index contributed by atoms with van der Waals surface area (Å²) < 4.78 is 21.8. The number of methoxy groups -OCH3 is 3. The number of carbonyl (C=O) groups is 1. The van der Waals surface area contributed by atoms with Crippen molar-refractivity contribution in [3.8, 4) is 17.2 Å². The van der Waals surface area contributed by atoms with Crippen molar-refractivity contribution in [3.63, 3.8) is 0 Å². The molecule has 9 heteroatoms. The Morgan fingerprint density at radius 2 is 1.64 bits per heavy atom. The van der Waals surface area contributed by atoms with Crippen molar-refractivity contribution in [2.45, 2.75) is 38.3 Å². The zero-order valence-corrected chi connectivity index (χ0v) is 21.5. The third-order valence-corrected chi connectivity index (χ3v) is 6.51. The normalized spacial score (nSPS) is 17.4. The zero-order chi connectivity index (χ0) is 25.7. The number of para-hydroxylation sites is 1. The van der Waals surface area contributed by atoms with Gasteiger partial charge in [-0.05, 0) is 55.5 Å². The minimum Gasteiger partial charge on any atom is -0.493 e. The number of nitrogens with one attached hydrogen (secondary N) is 1. The Morgan fingerprint density at radius 3 is 2.25 bits per heavy atom. The van der Waals surface area contributed by atoms with E-state index < -0.39 is 0 Å². The lowest BCUT2D eigenvalue weighted by Gasteiger charge is -2.28. The number of anilines is 2. The van der Waals surface area contributed by atoms with Crippen molar-refractivity contribution in [3.05, 3.63) is 42.0 Å². The van der Waals surface area contributed by atoms with E-state index in [1.54, 1.807) is 33.5 Å². The van der Waals surface area contributed by atoms with E-state index in [1.165, 1.54) is 0 Å². The first-order valence-electron chi connectivity index (χ1n) is 12.1. The molecule has 0 unspecified atom stereocenters. The van der Waals surface area contributed by atoms with Gasteiger partial charge in [0, 0.05) is 25.5 Å². The van der Waals surface area contributed by atoms with Crippen molar-refractivity contribution < 1.29 is 23.7 Å². The highest BCUT2D eigenvalue weighted by Gasteiger charge is 2.28. The van der Waals surface area contributed by atoms with Crippen LogP contribution in [-0.2, 0) is 16.1 Å². The number of nitrogens with zero attached hydrogens (tertiary/aromatic N) is 3. The van der Waals surface area contributed by atoms with Gasteiger partial charge in [0.25, 0.3) is 0 Å². The average Bonchev–Trinajstić information content (AvgIpc) is 2.90. The van der Waals surface area contributed by atoms with Gasteiger partial charge in [0.15, 0.2) is 11.5 Å². The lowest BCUT2D eigenvalue weighted by atomic mass is 9.86. The van der Waals surface area contributed by atoms with Crippen LogP contribution in [0.15, 0.2) is 36.4 Å². The van der Waals surface area contributed by atoms with E-state index in [2.05, 4.69) is 5.32 Å². The first kappa shape index (κ1) is 25.3. The second-order valence-electron chi connectivity index (χ2n) is 9.12. The van der Waals surface area contributed by atoms with Crippen LogP contribution >= 0.6 is 0 Å². The summed E-state index contributed by atoms with van der Waals surface area (Å²) in [7, 11) is 8.63. The van der Waals surface area contributed by atoms with Gasteiger partial charge in [-0.1, -0.05) is 12.1 Å². The van der Waals surface area contributed by atoms with Crippen LogP contribution < -0.4 is 24.4 Å². The van der Waals surface area contributed by atoms with E-state index in [9.17, 15) is 4.79 Å². The Kier molecular flexibility index (Phi) is 7.97. The highest BCUT2D eigenvalue weighted by Crippen LogP contribution is 2.38. The monoisotopic (exact) mass is 494 g/mol. The molecule has 0 spiro atoms. The molecular weight excluding hydrogens is 460 g/mol. The van der Waals surface area contributed by atoms with Gasteiger partial charge in [0.05, 0.1) is 32.8 Å². The molecule has 1 saturated carbocycles. The molecule has 1 aliphatic carbocycles. The lowest BCUT2D eigenvalue weighted by molar-refractivity contribution is -0.151. The van der Waals surface area contributed by atoms with E-state index in [-0.39, 0.29) is 24.5 Å². The second-order valence-corrected chi connectivity index (χ2v) is 9.12. The van der Waals surface area contributed by atoms with Gasteiger partial charge in [-0.3, -0.25) is 4.79 Å². The minimum atomic E-state index is -0.181. The molecule has 36 heavy (non-hydrogen) atoms. The minimum absolute atomic E-state index is 0.125. The van der Waals surface area contributed by atoms with Crippen LogP contribution in [0.1, 0.15) is 31.2 Å². The van der Waals surface area contributed by atoms with E-state index in [0.29, 0.717) is 23.2 Å². The number of carbonyl (C=O) groups excluding carboxylic acids is 1. The summed E-state index contributed by atoms with van der Waals surface area (Å²) in [6.07, 6.45) is 3.19. The molecule has 4 rings (SSSR count). The van der Waals surface area contributed by atoms with Gasteiger partial charge in [-0.25, -0.2) is 4.98 Å². The third-order valence-electron chi connectivity index (χ3n) is 6.51. The number of fused-ring (bicyclic) bond motifs is 1. The second kappa shape index (κ2) is 11.3. The maximum Gasteiger partial charge on any atom is 0.309 e. The molecule has 192 valence electrons. The van der Waals surface area contributed by atoms with E-state index >= 15 is 0 Å². The number of esters is 1. The number of rotatable bonds is 9. The van der Waals surface area contributed by atoms with Crippen LogP contribution in [0.25, 0.3) is 10.9 Å². The molecule has 0 amide bonds. The Hall–Kier alpha value is -3.75. The summed E-state index contributed by atoms with van der Waals surface area (Å²) >= 11 is 0. The summed E-state index contributed by atoms with van der Waals surface area (Å²) in [5.74, 6) is 2.76. The molecule has 1 N–H and O–H groups in total. The molecule has 9 nitrogen and oxygen atoms in total. The van der Waals surface area contributed by atoms with Crippen molar-refractivity contribution in [2.24, 2.45) is 5.92 Å². The first-order chi connectivity index (χ1) is 17.4. The standard InChI is InChI=1S/C27H34N4O5/c1-31(2)25-20-8-6-7-9-21(20)29-27(30-25)28-19-12-10-18(11-13-19)26(32)36-16-17-14-22(33-3)24(35-5)23(15-17)34-4/h6-9,14-15,18-19H,10-13,16H2,1-5H3,(H,28,29,30). The summed E-state index contributed by atoms with van der Waals surface area (Å²) in [5.41, 5.74) is 1.68. The van der Waals surface area contributed by atoms with Crippen LogP contribution in [0.2, 0.25) is 0 Å². The Morgan fingerprint density at radius 1 is 0.972 bits per heavy atom. The van der Waals surface area contributed by atoms with E-state index in [4.69, 9.17) is 28.9 Å². The van der Waals surface area contributed by atoms with Crippen molar-refractivity contribution in [2.75, 3.05) is 45.6 Å². The third kappa shape index (κ3) is 5.56. The summed E-state index contributed by atoms with van der Waals surface area (Å²) in [6.45, 7) is 0.145. The molecule has 0 radical (unpaired) electrons. The molecule has 1 aliphatic rings. The number of hydrogen-bond acceptors (Lipinski definition) is 9. The van der Waals surface area contributed by atoms with Crippen molar-refractivity contribution >= 4 is 28.6 Å². The summed E-state index contributed by atoms with van der Waals surface area (Å²) in [5, 5.41) is 4.50. The zero-order valence-electron chi connectivity index (χ0n) is 21.5. The van der Waals surface area contributed by atoms with Gasteiger partial charge in [-0.15, -0.1) is 0 Å². The van der Waals surface area contributed by atoms with Gasteiger partial charge in [-0.2, -0.15) is 4.98 Å². The van der Waals surface area contributed by atoms with E-state index in [0.717, 1.165) is 48.0 Å². The van der Waals surface area contributed by atoms with E-state index in [1.807, 2.05) is 43.3 Å². The summed E-state index contributed by atoms with van der Waals surface area (Å²) in [4.78, 5) is 24.2. The first-order valence-corrected chi connectivity index (χ1v) is 12.1. The molecule has 3 aromatic rings. The molecule has 0 atom stereocenters. The maximum absolute atomic E-state index is 12.8. The summed E-state index contributed by atoms with van der Waals surface area (Å²) in [6, 6.07) is 11.8. The molecule has 1 heterocycles. The topological polar surface area (TPSA) is 95.0 Å². The van der Waals surface area contributed by atoms with Crippen LogP contribution in [-0.4, -0.2) is 57.4 Å². The molecule has 0 aliphatic heterocycles. The van der Waals surface area contributed by atoms with Crippen LogP contribution in [0.5, 0.6) is 17.2 Å². The molecule has 0 saturated heterocycles. The number of benzene rings is 2. The molecule has 1 aromatic heterocycles. The Bertz CT molecular complexity index is 1180. The molecule has 1 fully saturated rings. The molecule has 2 aromatic carbocycles. The fourth-order valence-electron chi connectivity index (χ4n) is 4.61.